The molecule has 0 amide bonds. The van der Waals surface area contributed by atoms with Gasteiger partial charge >= 0.3 is 11.9 Å². The Bertz CT molecular complexity index is 1440. The highest BCUT2D eigenvalue weighted by Gasteiger charge is 2.22. The Labute approximate surface area is 456 Å². The number of aliphatic carboxylic acids is 1. The molecule has 9 heteroatoms. The molecule has 74 heavy (non-hydrogen) atoms. The smallest absolute Gasteiger partial charge is 0.306 e. The van der Waals surface area contributed by atoms with Gasteiger partial charge in [0.15, 0.2) is 12.4 Å². The third-order valence-electron chi connectivity index (χ3n) is 13.2. The Morgan fingerprint density at radius 1 is 0.419 bits per heavy atom. The minimum Gasteiger partial charge on any atom is -0.545 e. The molecule has 0 aliphatic heterocycles. The summed E-state index contributed by atoms with van der Waals surface area (Å²) in [4.78, 5) is 37.4. The Balaban J connectivity index is 4.24. The van der Waals surface area contributed by atoms with E-state index in [-0.39, 0.29) is 32.2 Å². The van der Waals surface area contributed by atoms with Gasteiger partial charge in [0.25, 0.3) is 0 Å². The average Bonchev–Trinajstić information content (AvgIpc) is 3.37. The van der Waals surface area contributed by atoms with Crippen LogP contribution in [0.4, 0.5) is 0 Å². The number of carbonyl (C=O) groups is 3. The van der Waals surface area contributed by atoms with Crippen molar-refractivity contribution in [3.05, 3.63) is 72.9 Å². The number of carboxylic acids is 1. The molecular weight excluding hydrogens is 923 g/mol. The van der Waals surface area contributed by atoms with Gasteiger partial charge in [-0.1, -0.05) is 260 Å². The van der Waals surface area contributed by atoms with Gasteiger partial charge in [-0.05, 0) is 64.2 Å². The first-order valence-electron chi connectivity index (χ1n) is 30.6. The number of ether oxygens (including phenoxy) is 4. The first kappa shape index (κ1) is 70.7. The number of quaternary nitrogens is 1. The number of carboxylic acid groups (broad SMARTS) is 1. The molecule has 0 aliphatic carbocycles. The molecule has 0 aromatic rings. The minimum absolute atomic E-state index is 0.144. The lowest BCUT2D eigenvalue weighted by molar-refractivity contribution is -0.870. The van der Waals surface area contributed by atoms with Gasteiger partial charge in [-0.25, -0.2) is 0 Å². The van der Waals surface area contributed by atoms with Crippen LogP contribution in [-0.2, 0) is 33.3 Å². The molecule has 9 nitrogen and oxygen atoms in total. The number of allylic oxidation sites excluding steroid dienone is 12. The fraction of sp³-hybridized carbons (Fsp3) is 0.769. The largest absolute Gasteiger partial charge is 0.545 e. The van der Waals surface area contributed by atoms with Crippen molar-refractivity contribution < 1.29 is 42.9 Å². The van der Waals surface area contributed by atoms with Crippen LogP contribution in [0.25, 0.3) is 0 Å². The van der Waals surface area contributed by atoms with Crippen LogP contribution in [0.5, 0.6) is 0 Å². The van der Waals surface area contributed by atoms with Gasteiger partial charge in [-0.3, -0.25) is 9.59 Å². The predicted octanol–water partition coefficient (Wildman–Crippen LogP) is 16.8. The fourth-order valence-corrected chi connectivity index (χ4v) is 8.54. The van der Waals surface area contributed by atoms with E-state index in [1.807, 2.05) is 21.1 Å². The zero-order chi connectivity index (χ0) is 54.1. The average molecular weight is 1040 g/mol. The van der Waals surface area contributed by atoms with Gasteiger partial charge in [0.1, 0.15) is 13.2 Å². The Hall–Kier alpha value is -3.27. The zero-order valence-electron chi connectivity index (χ0n) is 48.7. The van der Waals surface area contributed by atoms with Crippen molar-refractivity contribution in [3.63, 3.8) is 0 Å². The van der Waals surface area contributed by atoms with Crippen molar-refractivity contribution >= 4 is 17.9 Å². The van der Waals surface area contributed by atoms with Crippen LogP contribution < -0.4 is 5.11 Å². The molecule has 0 bridgehead atoms. The first-order chi connectivity index (χ1) is 36.1. The summed E-state index contributed by atoms with van der Waals surface area (Å²) in [7, 11) is 5.92. The summed E-state index contributed by atoms with van der Waals surface area (Å²) in [6, 6.07) is 0. The number of esters is 2. The van der Waals surface area contributed by atoms with Crippen LogP contribution in [0.15, 0.2) is 72.9 Å². The van der Waals surface area contributed by atoms with E-state index in [9.17, 15) is 19.5 Å². The summed E-state index contributed by atoms with van der Waals surface area (Å²) in [5.41, 5.74) is 0. The quantitative estimate of drug-likeness (QED) is 0.0195. The van der Waals surface area contributed by atoms with Gasteiger partial charge in [0.2, 0.25) is 0 Å². The third kappa shape index (κ3) is 56.5. The highest BCUT2D eigenvalue weighted by atomic mass is 16.7. The van der Waals surface area contributed by atoms with Crippen LogP contribution in [0.1, 0.15) is 264 Å². The normalized spacial score (nSPS) is 13.3. The van der Waals surface area contributed by atoms with Gasteiger partial charge in [-0.15, -0.1) is 0 Å². The molecule has 0 aromatic carbocycles. The van der Waals surface area contributed by atoms with Gasteiger partial charge in [0, 0.05) is 12.8 Å². The van der Waals surface area contributed by atoms with Crippen molar-refractivity contribution in [2.45, 2.75) is 277 Å². The van der Waals surface area contributed by atoms with Crippen LogP contribution >= 0.6 is 0 Å². The molecule has 0 radical (unpaired) electrons. The molecule has 0 fully saturated rings. The summed E-state index contributed by atoms with van der Waals surface area (Å²) in [5, 5.41) is 11.8. The lowest BCUT2D eigenvalue weighted by Gasteiger charge is -2.26. The first-order valence-corrected chi connectivity index (χ1v) is 30.6. The van der Waals surface area contributed by atoms with Crippen molar-refractivity contribution in [3.8, 4) is 0 Å². The Morgan fingerprint density at radius 2 is 0.770 bits per heavy atom. The van der Waals surface area contributed by atoms with E-state index in [0.29, 0.717) is 23.9 Å². The van der Waals surface area contributed by atoms with Crippen molar-refractivity contribution in [1.82, 2.24) is 0 Å². The van der Waals surface area contributed by atoms with Crippen LogP contribution in [0.2, 0.25) is 0 Å². The molecule has 0 saturated carbocycles. The van der Waals surface area contributed by atoms with E-state index in [1.54, 1.807) is 0 Å². The van der Waals surface area contributed by atoms with E-state index >= 15 is 0 Å². The summed E-state index contributed by atoms with van der Waals surface area (Å²) in [5.74, 6) is -2.29. The number of nitrogens with zero attached hydrogens (tertiary/aromatic N) is 1. The summed E-state index contributed by atoms with van der Waals surface area (Å²) in [6.45, 7) is 4.65. The second kappa shape index (κ2) is 55.9. The molecule has 0 spiro atoms. The SMILES string of the molecule is CC/C=C\C/C=C\C/C=C\C/C=C\C/C=C\C/C=C\CCCCCCCCCCC(=O)OC(COC(=O)CCCCCCCCCCCCCCCCCCCCCCCC)COC(OCC[N+](C)(C)C)C(=O)[O-]. The highest BCUT2D eigenvalue weighted by molar-refractivity contribution is 5.70. The minimum atomic E-state index is -1.63. The molecule has 428 valence electrons. The van der Waals surface area contributed by atoms with Gasteiger partial charge in [-0.2, -0.15) is 0 Å². The molecule has 0 saturated heterocycles. The van der Waals surface area contributed by atoms with E-state index in [2.05, 4.69) is 86.8 Å². The molecule has 0 N–H and O–H groups in total. The highest BCUT2D eigenvalue weighted by Crippen LogP contribution is 2.17. The number of hydrogen-bond donors (Lipinski definition) is 0. The molecule has 0 heterocycles. The van der Waals surface area contributed by atoms with E-state index in [1.165, 1.54) is 148 Å². The molecule has 2 atom stereocenters. The summed E-state index contributed by atoms with van der Waals surface area (Å²) >= 11 is 0. The maximum atomic E-state index is 12.9. The number of carbonyl (C=O) groups excluding carboxylic acids is 3. The monoisotopic (exact) mass is 1040 g/mol. The molecule has 0 aliphatic rings. The molecule has 0 rings (SSSR count). The van der Waals surface area contributed by atoms with Crippen LogP contribution in [0, 0.1) is 0 Å². The van der Waals surface area contributed by atoms with Crippen LogP contribution in [-0.4, -0.2) is 82.3 Å². The van der Waals surface area contributed by atoms with Crippen molar-refractivity contribution in [2.75, 3.05) is 47.5 Å². The molecule has 0 aromatic heterocycles. The number of hydrogen-bond acceptors (Lipinski definition) is 8. The zero-order valence-corrected chi connectivity index (χ0v) is 48.7. The summed E-state index contributed by atoms with van der Waals surface area (Å²) in [6.07, 6.45) is 69.5. The second-order valence-corrected chi connectivity index (χ2v) is 21.6. The van der Waals surface area contributed by atoms with Crippen molar-refractivity contribution in [1.29, 1.82) is 0 Å². The van der Waals surface area contributed by atoms with Gasteiger partial charge in [0.05, 0.1) is 40.3 Å². The third-order valence-corrected chi connectivity index (χ3v) is 13.2. The van der Waals surface area contributed by atoms with Gasteiger partial charge < -0.3 is 33.3 Å². The molecule has 2 unspecified atom stereocenters. The van der Waals surface area contributed by atoms with E-state index in [0.717, 1.165) is 83.5 Å². The number of unbranched alkanes of at least 4 members (excludes halogenated alkanes) is 29. The topological polar surface area (TPSA) is 111 Å². The van der Waals surface area contributed by atoms with Crippen molar-refractivity contribution in [2.24, 2.45) is 0 Å². The Kier molecular flexibility index (Phi) is 53.5. The Morgan fingerprint density at radius 3 is 1.15 bits per heavy atom. The second-order valence-electron chi connectivity index (χ2n) is 21.6. The fourth-order valence-electron chi connectivity index (χ4n) is 8.54. The van der Waals surface area contributed by atoms with E-state index < -0.39 is 24.3 Å². The van der Waals surface area contributed by atoms with Crippen LogP contribution in [0.3, 0.4) is 0 Å². The van der Waals surface area contributed by atoms with E-state index in [4.69, 9.17) is 18.9 Å². The summed E-state index contributed by atoms with van der Waals surface area (Å²) < 4.78 is 22.7. The number of likely N-dealkylation sites (N-methyl/N-ethyl adjacent to an activating group) is 1. The lowest BCUT2D eigenvalue weighted by atomic mass is 10.0. The maximum Gasteiger partial charge on any atom is 0.306 e. The standard InChI is InChI=1S/C65H115NO8/c1-6-8-10-12-14-16-18-20-22-24-26-28-30-31-32-33-34-36-38-40-42-44-46-48-50-52-54-56-63(68)74-61(60-73-65(64(69)70)71-58-57-66(3,4)5)59-72-62(67)55-53-51-49-47-45-43-41-39-37-35-29-27-25-23-21-19-17-15-13-11-9-7-2/h8,10,14,16,20,22,26,28,31-32,34,36,61,65H,6-7,9,11-13,15,17-19,21,23-25,27,29-30,33,35,37-60H2,1-5H3/b10-8-,16-14-,22-20-,28-26-,32-31-,36-34-. The molecular formula is C65H115NO8. The lowest BCUT2D eigenvalue weighted by Crippen LogP contribution is -2.44. The predicted molar refractivity (Wildman–Crippen MR) is 311 cm³/mol. The maximum absolute atomic E-state index is 12.9. The number of rotatable bonds is 56.